The van der Waals surface area contributed by atoms with Gasteiger partial charge in [-0.2, -0.15) is 0 Å². The van der Waals surface area contributed by atoms with Crippen molar-refractivity contribution in [2.45, 2.75) is 0 Å². The lowest BCUT2D eigenvalue weighted by molar-refractivity contribution is 0.122. The zero-order valence-corrected chi connectivity index (χ0v) is 17.8. The molecule has 0 aliphatic carbocycles. The Balaban J connectivity index is 1.79. The van der Waals surface area contributed by atoms with E-state index in [9.17, 15) is 0 Å². The first kappa shape index (κ1) is 18.8. The molecule has 0 N–H and O–H groups in total. The number of aromatic nitrogens is 2. The molecule has 5 rings (SSSR count). The number of nitrogens with zero attached hydrogens (tertiary/aromatic N) is 3. The van der Waals surface area contributed by atoms with Crippen LogP contribution in [-0.4, -0.2) is 36.3 Å². The second-order valence-electron chi connectivity index (χ2n) is 6.80. The highest BCUT2D eigenvalue weighted by Crippen LogP contribution is 2.47. The van der Waals surface area contributed by atoms with E-state index in [0.717, 1.165) is 55.7 Å². The molecule has 7 heteroatoms. The molecule has 3 heterocycles. The van der Waals surface area contributed by atoms with E-state index in [-0.39, 0.29) is 0 Å². The Morgan fingerprint density at radius 3 is 2.10 bits per heavy atom. The second-order valence-corrected chi connectivity index (χ2v) is 8.67. The molecule has 1 fully saturated rings. The maximum absolute atomic E-state index is 6.16. The van der Waals surface area contributed by atoms with Crippen LogP contribution in [0.2, 0.25) is 10.0 Å². The van der Waals surface area contributed by atoms with Gasteiger partial charge in [-0.25, -0.2) is 9.97 Å². The molecule has 4 aromatic rings. The molecule has 0 spiro atoms. The van der Waals surface area contributed by atoms with Crippen molar-refractivity contribution in [1.82, 2.24) is 9.97 Å². The topological polar surface area (TPSA) is 38.2 Å². The lowest BCUT2D eigenvalue weighted by atomic mass is 9.99. The van der Waals surface area contributed by atoms with Gasteiger partial charge < -0.3 is 9.64 Å². The molecular weight excluding hydrogens is 425 g/mol. The zero-order valence-electron chi connectivity index (χ0n) is 15.4. The highest BCUT2D eigenvalue weighted by Gasteiger charge is 2.23. The van der Waals surface area contributed by atoms with E-state index in [1.807, 2.05) is 36.4 Å². The van der Waals surface area contributed by atoms with Crippen molar-refractivity contribution in [1.29, 1.82) is 0 Å². The number of thiophene rings is 1. The number of benzene rings is 2. The standard InChI is InChI=1S/C22H17Cl2N3OS/c23-16-5-1-14(2-6-16)18-19-21(27-9-11-28-12-10-27)25-13-26-22(19)29-20(18)15-3-7-17(24)8-4-15/h1-8,13H,9-12H2. The van der Waals surface area contributed by atoms with E-state index < -0.39 is 0 Å². The fourth-order valence-electron chi connectivity index (χ4n) is 3.63. The Bertz CT molecular complexity index is 1150. The third-order valence-electron chi connectivity index (χ3n) is 5.02. The van der Waals surface area contributed by atoms with Crippen LogP contribution in [0.3, 0.4) is 0 Å². The van der Waals surface area contributed by atoms with Gasteiger partial charge in [0.05, 0.1) is 18.6 Å². The summed E-state index contributed by atoms with van der Waals surface area (Å²) in [5.74, 6) is 0.958. The quantitative estimate of drug-likeness (QED) is 0.381. The third-order valence-corrected chi connectivity index (χ3v) is 6.67. The first-order chi connectivity index (χ1) is 14.2. The molecular formula is C22H17Cl2N3OS. The monoisotopic (exact) mass is 441 g/mol. The summed E-state index contributed by atoms with van der Waals surface area (Å²) >= 11 is 14.0. The van der Waals surface area contributed by atoms with Crippen molar-refractivity contribution in [2.24, 2.45) is 0 Å². The average Bonchev–Trinajstić information content (AvgIpc) is 3.15. The van der Waals surface area contributed by atoms with Crippen molar-refractivity contribution >= 4 is 50.6 Å². The summed E-state index contributed by atoms with van der Waals surface area (Å²) in [6.45, 7) is 3.04. The molecule has 0 atom stereocenters. The van der Waals surface area contributed by atoms with Crippen molar-refractivity contribution in [3.63, 3.8) is 0 Å². The summed E-state index contributed by atoms with van der Waals surface area (Å²) < 4.78 is 5.54. The van der Waals surface area contributed by atoms with Crippen LogP contribution >= 0.6 is 34.5 Å². The number of rotatable bonds is 3. The smallest absolute Gasteiger partial charge is 0.141 e. The fraction of sp³-hybridized carbons (Fsp3) is 0.182. The van der Waals surface area contributed by atoms with Crippen LogP contribution in [0.4, 0.5) is 5.82 Å². The van der Waals surface area contributed by atoms with Crippen LogP contribution in [0, 0.1) is 0 Å². The van der Waals surface area contributed by atoms with Crippen LogP contribution < -0.4 is 4.90 Å². The highest BCUT2D eigenvalue weighted by molar-refractivity contribution is 7.22. The molecule has 4 nitrogen and oxygen atoms in total. The Kier molecular flexibility index (Phi) is 5.14. The maximum Gasteiger partial charge on any atom is 0.141 e. The number of ether oxygens (including phenoxy) is 1. The van der Waals surface area contributed by atoms with Gasteiger partial charge in [0, 0.05) is 33.6 Å². The molecule has 1 aliphatic heterocycles. The van der Waals surface area contributed by atoms with E-state index >= 15 is 0 Å². The number of fused-ring (bicyclic) bond motifs is 1. The molecule has 1 aliphatic rings. The van der Waals surface area contributed by atoms with Crippen LogP contribution in [-0.2, 0) is 4.74 Å². The number of hydrogen-bond donors (Lipinski definition) is 0. The number of halogens is 2. The van der Waals surface area contributed by atoms with E-state index in [1.165, 1.54) is 0 Å². The molecule has 2 aromatic heterocycles. The molecule has 146 valence electrons. The van der Waals surface area contributed by atoms with Crippen molar-refractivity contribution in [3.05, 3.63) is 64.9 Å². The lowest BCUT2D eigenvalue weighted by Gasteiger charge is -2.28. The second kappa shape index (κ2) is 7.92. The van der Waals surface area contributed by atoms with Crippen LogP contribution in [0.25, 0.3) is 31.8 Å². The summed E-state index contributed by atoms with van der Waals surface area (Å²) in [5.41, 5.74) is 3.33. The first-order valence-corrected chi connectivity index (χ1v) is 10.9. The van der Waals surface area contributed by atoms with Gasteiger partial charge in [-0.1, -0.05) is 47.5 Å². The predicted molar refractivity (Wildman–Crippen MR) is 121 cm³/mol. The van der Waals surface area contributed by atoms with Gasteiger partial charge in [0.1, 0.15) is 17.0 Å². The van der Waals surface area contributed by atoms with Crippen LogP contribution in [0.5, 0.6) is 0 Å². The Morgan fingerprint density at radius 2 is 1.45 bits per heavy atom. The summed E-state index contributed by atoms with van der Waals surface area (Å²) in [5, 5.41) is 2.51. The third kappa shape index (κ3) is 3.60. The molecule has 0 amide bonds. The Hall–Kier alpha value is -2.18. The summed E-state index contributed by atoms with van der Waals surface area (Å²) in [4.78, 5) is 13.7. The Labute approximate surface area is 182 Å². The van der Waals surface area contributed by atoms with Gasteiger partial charge in [-0.3, -0.25) is 0 Å². The molecule has 1 saturated heterocycles. The Morgan fingerprint density at radius 1 is 0.828 bits per heavy atom. The van der Waals surface area contributed by atoms with E-state index in [1.54, 1.807) is 17.7 Å². The van der Waals surface area contributed by atoms with Gasteiger partial charge in [0.15, 0.2) is 0 Å². The van der Waals surface area contributed by atoms with Crippen LogP contribution in [0.1, 0.15) is 0 Å². The molecule has 29 heavy (non-hydrogen) atoms. The average molecular weight is 442 g/mol. The molecule has 0 unspecified atom stereocenters. The van der Waals surface area contributed by atoms with Gasteiger partial charge >= 0.3 is 0 Å². The van der Waals surface area contributed by atoms with Crippen LogP contribution in [0.15, 0.2) is 54.9 Å². The zero-order chi connectivity index (χ0) is 19.8. The van der Waals surface area contributed by atoms with E-state index in [4.69, 9.17) is 27.9 Å². The van der Waals surface area contributed by atoms with E-state index in [2.05, 4.69) is 27.0 Å². The minimum Gasteiger partial charge on any atom is -0.378 e. The maximum atomic E-state index is 6.16. The highest BCUT2D eigenvalue weighted by atomic mass is 35.5. The number of hydrogen-bond acceptors (Lipinski definition) is 5. The van der Waals surface area contributed by atoms with E-state index in [0.29, 0.717) is 18.2 Å². The normalized spacial score (nSPS) is 14.5. The van der Waals surface area contributed by atoms with Crippen molar-refractivity contribution < 1.29 is 4.74 Å². The minimum atomic E-state index is 0.704. The fourth-order valence-corrected chi connectivity index (χ4v) is 5.05. The molecule has 0 radical (unpaired) electrons. The molecule has 0 saturated carbocycles. The largest absolute Gasteiger partial charge is 0.378 e. The molecule has 2 aromatic carbocycles. The van der Waals surface area contributed by atoms with Gasteiger partial charge in [-0.05, 0) is 35.4 Å². The summed E-state index contributed by atoms with van der Waals surface area (Å²) in [6, 6.07) is 15.9. The van der Waals surface area contributed by atoms with Crippen molar-refractivity contribution in [3.8, 4) is 21.6 Å². The van der Waals surface area contributed by atoms with Gasteiger partial charge in [0.25, 0.3) is 0 Å². The van der Waals surface area contributed by atoms with Gasteiger partial charge in [0.2, 0.25) is 0 Å². The lowest BCUT2D eigenvalue weighted by Crippen LogP contribution is -2.36. The SMILES string of the molecule is Clc1ccc(-c2sc3ncnc(N4CCOCC4)c3c2-c2ccc(Cl)cc2)cc1. The van der Waals surface area contributed by atoms with Crippen molar-refractivity contribution in [2.75, 3.05) is 31.2 Å². The predicted octanol–water partition coefficient (Wildman–Crippen LogP) is 6.17. The first-order valence-electron chi connectivity index (χ1n) is 9.33. The summed E-state index contributed by atoms with van der Waals surface area (Å²) in [6.07, 6.45) is 1.65. The summed E-state index contributed by atoms with van der Waals surface area (Å²) in [7, 11) is 0. The molecule has 0 bridgehead atoms. The number of anilines is 1. The minimum absolute atomic E-state index is 0.704. The van der Waals surface area contributed by atoms with Gasteiger partial charge in [-0.15, -0.1) is 11.3 Å². The number of morpholine rings is 1.